The number of methoxy groups -OCH3 is 1. The van der Waals surface area contributed by atoms with Crippen LogP contribution in [0.1, 0.15) is 6.92 Å². The molecule has 0 radical (unpaired) electrons. The van der Waals surface area contributed by atoms with Crippen LogP contribution in [0.4, 0.5) is 0 Å². The molecule has 0 N–H and O–H groups in total. The van der Waals surface area contributed by atoms with Crippen molar-refractivity contribution in [1.82, 2.24) is 4.90 Å². The monoisotopic (exact) mass is 181 g/mol. The Hall–Kier alpha value is -1.27. The summed E-state index contributed by atoms with van der Waals surface area (Å²) in [4.78, 5) is 12.9. The number of rotatable bonds is 5. The minimum Gasteiger partial charge on any atom is -0.468 e. The van der Waals surface area contributed by atoms with Crippen molar-refractivity contribution in [3.05, 3.63) is 12.7 Å². The summed E-state index contributed by atoms with van der Waals surface area (Å²) in [5.74, 6) is 2.20. The van der Waals surface area contributed by atoms with Gasteiger partial charge < -0.3 is 4.74 Å². The van der Waals surface area contributed by atoms with Gasteiger partial charge in [-0.3, -0.25) is 9.69 Å². The second kappa shape index (κ2) is 6.27. The largest absolute Gasteiger partial charge is 0.468 e. The second-order valence-electron chi connectivity index (χ2n) is 2.62. The van der Waals surface area contributed by atoms with Crippen molar-refractivity contribution in [1.29, 1.82) is 0 Å². The molecular formula is C10H15NO2. The highest BCUT2D eigenvalue weighted by Crippen LogP contribution is 2.00. The van der Waals surface area contributed by atoms with Crippen molar-refractivity contribution in [2.75, 3.05) is 20.2 Å². The SMILES string of the molecule is C#CCN(CC=C)C(C)C(=O)OC. The highest BCUT2D eigenvalue weighted by molar-refractivity contribution is 5.75. The molecule has 72 valence electrons. The van der Waals surface area contributed by atoms with Gasteiger partial charge in [0, 0.05) is 6.54 Å². The summed E-state index contributed by atoms with van der Waals surface area (Å²) in [5.41, 5.74) is 0. The summed E-state index contributed by atoms with van der Waals surface area (Å²) in [6.07, 6.45) is 6.87. The van der Waals surface area contributed by atoms with Crippen molar-refractivity contribution >= 4 is 5.97 Å². The zero-order valence-corrected chi connectivity index (χ0v) is 8.12. The molecule has 0 heterocycles. The van der Waals surface area contributed by atoms with Gasteiger partial charge in [-0.15, -0.1) is 13.0 Å². The van der Waals surface area contributed by atoms with Gasteiger partial charge in [-0.2, -0.15) is 0 Å². The van der Waals surface area contributed by atoms with E-state index in [4.69, 9.17) is 6.42 Å². The number of carbonyl (C=O) groups excluding carboxylic acids is 1. The van der Waals surface area contributed by atoms with Gasteiger partial charge in [-0.1, -0.05) is 12.0 Å². The van der Waals surface area contributed by atoms with E-state index in [1.54, 1.807) is 17.9 Å². The first-order chi connectivity index (χ1) is 6.17. The Kier molecular flexibility index (Phi) is 5.66. The Bertz CT molecular complexity index is 217. The Balaban J connectivity index is 4.27. The van der Waals surface area contributed by atoms with Crippen molar-refractivity contribution in [2.24, 2.45) is 0 Å². The predicted octanol–water partition coefficient (Wildman–Crippen LogP) is 0.669. The van der Waals surface area contributed by atoms with E-state index in [1.165, 1.54) is 7.11 Å². The van der Waals surface area contributed by atoms with Crippen LogP contribution >= 0.6 is 0 Å². The molecule has 1 unspecified atom stereocenters. The molecule has 0 rings (SSSR count). The summed E-state index contributed by atoms with van der Waals surface area (Å²) >= 11 is 0. The molecule has 0 aromatic rings. The summed E-state index contributed by atoms with van der Waals surface area (Å²) in [5, 5.41) is 0. The number of carbonyl (C=O) groups is 1. The van der Waals surface area contributed by atoms with E-state index < -0.39 is 0 Å². The van der Waals surface area contributed by atoms with Crippen LogP contribution in [-0.4, -0.2) is 37.1 Å². The molecule has 3 heteroatoms. The first kappa shape index (κ1) is 11.7. The van der Waals surface area contributed by atoms with Crippen LogP contribution in [0.25, 0.3) is 0 Å². The second-order valence-corrected chi connectivity index (χ2v) is 2.62. The molecule has 0 aliphatic carbocycles. The van der Waals surface area contributed by atoms with Crippen LogP contribution in [-0.2, 0) is 9.53 Å². The van der Waals surface area contributed by atoms with Crippen molar-refractivity contribution in [2.45, 2.75) is 13.0 Å². The molecule has 0 aromatic heterocycles. The topological polar surface area (TPSA) is 29.5 Å². The summed E-state index contributed by atoms with van der Waals surface area (Å²) in [6.45, 7) is 6.35. The Morgan fingerprint density at radius 2 is 2.46 bits per heavy atom. The third-order valence-corrected chi connectivity index (χ3v) is 1.75. The minimum absolute atomic E-state index is 0.280. The standard InChI is InChI=1S/C10H15NO2/c1-5-7-11(8-6-2)9(3)10(12)13-4/h1,6,9H,2,7-8H2,3-4H3. The average Bonchev–Trinajstić information content (AvgIpc) is 2.15. The van der Waals surface area contributed by atoms with Crippen LogP contribution in [0.15, 0.2) is 12.7 Å². The number of terminal acetylenes is 1. The normalized spacial score (nSPS) is 11.8. The van der Waals surface area contributed by atoms with Crippen LogP contribution in [0, 0.1) is 12.3 Å². The van der Waals surface area contributed by atoms with Crippen molar-refractivity contribution in [3.8, 4) is 12.3 Å². The highest BCUT2D eigenvalue weighted by atomic mass is 16.5. The summed E-state index contributed by atoms with van der Waals surface area (Å²) in [7, 11) is 1.36. The molecule has 1 atom stereocenters. The predicted molar refractivity (Wildman–Crippen MR) is 52.1 cm³/mol. The van der Waals surface area contributed by atoms with Gasteiger partial charge in [-0.25, -0.2) is 0 Å². The van der Waals surface area contributed by atoms with Crippen LogP contribution in [0.2, 0.25) is 0 Å². The molecule has 0 aliphatic rings. The molecule has 0 bridgehead atoms. The zero-order chi connectivity index (χ0) is 10.3. The van der Waals surface area contributed by atoms with Crippen LogP contribution in [0.5, 0.6) is 0 Å². The summed E-state index contributed by atoms with van der Waals surface area (Å²) in [6, 6.07) is -0.320. The lowest BCUT2D eigenvalue weighted by molar-refractivity contribution is -0.145. The maximum absolute atomic E-state index is 11.1. The first-order valence-corrected chi connectivity index (χ1v) is 4.03. The van der Waals surface area contributed by atoms with Crippen LogP contribution < -0.4 is 0 Å². The molecule has 0 saturated heterocycles. The third-order valence-electron chi connectivity index (χ3n) is 1.75. The zero-order valence-electron chi connectivity index (χ0n) is 8.12. The lowest BCUT2D eigenvalue weighted by Gasteiger charge is -2.23. The molecule has 0 saturated carbocycles. The van der Waals surface area contributed by atoms with Gasteiger partial charge in [0.25, 0.3) is 0 Å². The number of ether oxygens (including phenoxy) is 1. The lowest BCUT2D eigenvalue weighted by Crippen LogP contribution is -2.40. The Morgan fingerprint density at radius 1 is 1.85 bits per heavy atom. The quantitative estimate of drug-likeness (QED) is 0.354. The molecule has 0 amide bonds. The third kappa shape index (κ3) is 3.77. The number of nitrogens with zero attached hydrogens (tertiary/aromatic N) is 1. The fraction of sp³-hybridized carbons (Fsp3) is 0.500. The number of esters is 1. The van der Waals surface area contributed by atoms with E-state index in [0.29, 0.717) is 13.1 Å². The van der Waals surface area contributed by atoms with Gasteiger partial charge >= 0.3 is 5.97 Å². The van der Waals surface area contributed by atoms with Crippen molar-refractivity contribution < 1.29 is 9.53 Å². The number of hydrogen-bond acceptors (Lipinski definition) is 3. The molecule has 0 aliphatic heterocycles. The van der Waals surface area contributed by atoms with Gasteiger partial charge in [-0.05, 0) is 6.92 Å². The highest BCUT2D eigenvalue weighted by Gasteiger charge is 2.19. The molecule has 0 aromatic carbocycles. The van der Waals surface area contributed by atoms with Crippen molar-refractivity contribution in [3.63, 3.8) is 0 Å². The van der Waals surface area contributed by atoms with Crippen LogP contribution in [0.3, 0.4) is 0 Å². The first-order valence-electron chi connectivity index (χ1n) is 4.03. The summed E-state index contributed by atoms with van der Waals surface area (Å²) < 4.78 is 4.60. The fourth-order valence-corrected chi connectivity index (χ4v) is 0.962. The lowest BCUT2D eigenvalue weighted by atomic mass is 10.3. The van der Waals surface area contributed by atoms with E-state index >= 15 is 0 Å². The van der Waals surface area contributed by atoms with E-state index in [-0.39, 0.29) is 12.0 Å². The van der Waals surface area contributed by atoms with E-state index in [1.807, 2.05) is 0 Å². The number of hydrogen-bond donors (Lipinski definition) is 0. The van der Waals surface area contributed by atoms with Gasteiger partial charge in [0.1, 0.15) is 6.04 Å². The van der Waals surface area contributed by atoms with Gasteiger partial charge in [0.05, 0.1) is 13.7 Å². The fourth-order valence-electron chi connectivity index (χ4n) is 0.962. The maximum atomic E-state index is 11.1. The van der Waals surface area contributed by atoms with Gasteiger partial charge in [0.2, 0.25) is 0 Å². The Labute approximate surface area is 79.4 Å². The van der Waals surface area contributed by atoms with E-state index in [2.05, 4.69) is 17.2 Å². The van der Waals surface area contributed by atoms with Gasteiger partial charge in [0.15, 0.2) is 0 Å². The Morgan fingerprint density at radius 3 is 2.85 bits per heavy atom. The maximum Gasteiger partial charge on any atom is 0.322 e. The molecular weight excluding hydrogens is 166 g/mol. The molecule has 0 fully saturated rings. The average molecular weight is 181 g/mol. The smallest absolute Gasteiger partial charge is 0.322 e. The molecule has 0 spiro atoms. The minimum atomic E-state index is -0.320. The van der Waals surface area contributed by atoms with E-state index in [0.717, 1.165) is 0 Å². The van der Waals surface area contributed by atoms with E-state index in [9.17, 15) is 4.79 Å². The molecule has 13 heavy (non-hydrogen) atoms. The molecule has 3 nitrogen and oxygen atoms in total.